The third-order valence-corrected chi connectivity index (χ3v) is 3.78. The molecule has 1 heterocycles. The topological polar surface area (TPSA) is 49.8 Å². The number of amides is 1. The first kappa shape index (κ1) is 15.6. The smallest absolute Gasteiger partial charge is 0.257 e. The number of aliphatic hydroxyl groups is 1. The molecule has 0 radical (unpaired) electrons. The molecule has 20 heavy (non-hydrogen) atoms. The van der Waals surface area contributed by atoms with Gasteiger partial charge in [-0.05, 0) is 26.0 Å². The number of ether oxygens (including phenoxy) is 1. The SMILES string of the molecule is CC1(C)CN(C(=O)c2c(Cl)cccc2Cl)CC(CO)O1. The Hall–Kier alpha value is -0.810. The lowest BCUT2D eigenvalue weighted by atomic mass is 10.0. The quantitative estimate of drug-likeness (QED) is 0.912. The minimum Gasteiger partial charge on any atom is -0.394 e. The Bertz CT molecular complexity index is 499. The van der Waals surface area contributed by atoms with Gasteiger partial charge in [0, 0.05) is 13.1 Å². The van der Waals surface area contributed by atoms with Gasteiger partial charge in [-0.1, -0.05) is 29.3 Å². The van der Waals surface area contributed by atoms with E-state index < -0.39 is 11.7 Å². The van der Waals surface area contributed by atoms with Gasteiger partial charge >= 0.3 is 0 Å². The molecular weight excluding hydrogens is 301 g/mol. The van der Waals surface area contributed by atoms with Gasteiger partial charge in [-0.3, -0.25) is 4.79 Å². The summed E-state index contributed by atoms with van der Waals surface area (Å²) in [6.45, 7) is 4.36. The molecule has 0 spiro atoms. The first-order chi connectivity index (χ1) is 9.34. The molecule has 1 fully saturated rings. The highest BCUT2D eigenvalue weighted by Crippen LogP contribution is 2.28. The van der Waals surface area contributed by atoms with E-state index in [2.05, 4.69) is 0 Å². The maximum absolute atomic E-state index is 12.6. The number of morpholine rings is 1. The number of nitrogens with zero attached hydrogens (tertiary/aromatic N) is 1. The molecule has 1 N–H and O–H groups in total. The lowest BCUT2D eigenvalue weighted by Crippen LogP contribution is -2.55. The highest BCUT2D eigenvalue weighted by Gasteiger charge is 2.36. The first-order valence-electron chi connectivity index (χ1n) is 6.36. The number of carbonyl (C=O) groups is 1. The van der Waals surface area contributed by atoms with E-state index in [0.29, 0.717) is 28.7 Å². The number of halogens is 2. The van der Waals surface area contributed by atoms with Gasteiger partial charge in [0.05, 0.1) is 33.9 Å². The molecule has 1 aliphatic rings. The van der Waals surface area contributed by atoms with Crippen LogP contribution in [0.5, 0.6) is 0 Å². The maximum atomic E-state index is 12.6. The molecule has 4 nitrogen and oxygen atoms in total. The van der Waals surface area contributed by atoms with E-state index in [-0.39, 0.29) is 12.5 Å². The van der Waals surface area contributed by atoms with Crippen LogP contribution in [0.2, 0.25) is 10.0 Å². The van der Waals surface area contributed by atoms with Crippen LogP contribution in [-0.2, 0) is 4.74 Å². The minimum atomic E-state index is -0.519. The van der Waals surface area contributed by atoms with Crippen molar-refractivity contribution in [1.82, 2.24) is 4.90 Å². The zero-order chi connectivity index (χ0) is 14.9. The first-order valence-corrected chi connectivity index (χ1v) is 7.11. The molecule has 2 rings (SSSR count). The summed E-state index contributed by atoms with van der Waals surface area (Å²) in [6.07, 6.45) is -0.399. The summed E-state index contributed by atoms with van der Waals surface area (Å²) < 4.78 is 5.69. The summed E-state index contributed by atoms with van der Waals surface area (Å²) >= 11 is 12.1. The lowest BCUT2D eigenvalue weighted by Gasteiger charge is -2.42. The average molecular weight is 318 g/mol. The second-order valence-electron chi connectivity index (χ2n) is 5.46. The fraction of sp³-hybridized carbons (Fsp3) is 0.500. The van der Waals surface area contributed by atoms with Gasteiger partial charge < -0.3 is 14.7 Å². The van der Waals surface area contributed by atoms with Gasteiger partial charge in [0.25, 0.3) is 5.91 Å². The van der Waals surface area contributed by atoms with Crippen LogP contribution in [0.1, 0.15) is 24.2 Å². The molecule has 6 heteroatoms. The molecular formula is C14H17Cl2NO3. The average Bonchev–Trinajstić information content (AvgIpc) is 2.36. The van der Waals surface area contributed by atoms with Gasteiger partial charge in [0.1, 0.15) is 0 Å². The van der Waals surface area contributed by atoms with Gasteiger partial charge in [0.2, 0.25) is 0 Å². The van der Waals surface area contributed by atoms with E-state index in [9.17, 15) is 9.90 Å². The van der Waals surface area contributed by atoms with Gasteiger partial charge in [-0.15, -0.1) is 0 Å². The molecule has 0 aliphatic carbocycles. The van der Waals surface area contributed by atoms with E-state index in [1.165, 1.54) is 0 Å². The Balaban J connectivity index is 2.28. The Morgan fingerprint density at radius 2 is 2.05 bits per heavy atom. The van der Waals surface area contributed by atoms with Crippen molar-refractivity contribution >= 4 is 29.1 Å². The third-order valence-electron chi connectivity index (χ3n) is 3.15. The van der Waals surface area contributed by atoms with Crippen LogP contribution < -0.4 is 0 Å². The second-order valence-corrected chi connectivity index (χ2v) is 6.28. The van der Waals surface area contributed by atoms with Crippen LogP contribution in [-0.4, -0.2) is 47.3 Å². The van der Waals surface area contributed by atoms with Gasteiger partial charge in [0.15, 0.2) is 0 Å². The monoisotopic (exact) mass is 317 g/mol. The van der Waals surface area contributed by atoms with E-state index >= 15 is 0 Å². The minimum absolute atomic E-state index is 0.135. The van der Waals surface area contributed by atoms with Crippen molar-refractivity contribution in [2.45, 2.75) is 25.6 Å². The number of carbonyl (C=O) groups excluding carboxylic acids is 1. The van der Waals surface area contributed by atoms with E-state index in [4.69, 9.17) is 27.9 Å². The molecule has 1 saturated heterocycles. The van der Waals surface area contributed by atoms with Crippen molar-refractivity contribution < 1.29 is 14.6 Å². The molecule has 0 bridgehead atoms. The number of benzene rings is 1. The highest BCUT2D eigenvalue weighted by atomic mass is 35.5. The Labute approximate surface area is 128 Å². The lowest BCUT2D eigenvalue weighted by molar-refractivity contribution is -0.139. The third kappa shape index (κ3) is 3.26. The van der Waals surface area contributed by atoms with E-state index in [1.807, 2.05) is 13.8 Å². The largest absolute Gasteiger partial charge is 0.394 e. The summed E-state index contributed by atoms with van der Waals surface area (Å²) in [4.78, 5) is 14.2. The summed E-state index contributed by atoms with van der Waals surface area (Å²) in [7, 11) is 0. The molecule has 0 aromatic heterocycles. The van der Waals surface area contributed by atoms with Crippen LogP contribution in [0.15, 0.2) is 18.2 Å². The Morgan fingerprint density at radius 3 is 2.60 bits per heavy atom. The Kier molecular flexibility index (Phi) is 4.59. The van der Waals surface area contributed by atoms with Gasteiger partial charge in [-0.25, -0.2) is 0 Å². The van der Waals surface area contributed by atoms with Crippen molar-refractivity contribution in [1.29, 1.82) is 0 Å². The summed E-state index contributed by atoms with van der Waals surface area (Å²) in [5, 5.41) is 9.94. The van der Waals surface area contributed by atoms with Crippen LogP contribution in [0.25, 0.3) is 0 Å². The maximum Gasteiger partial charge on any atom is 0.257 e. The fourth-order valence-electron chi connectivity index (χ4n) is 2.41. The molecule has 1 aromatic rings. The number of rotatable bonds is 2. The number of aliphatic hydroxyl groups excluding tert-OH is 1. The second kappa shape index (κ2) is 5.90. The van der Waals surface area contributed by atoms with Crippen LogP contribution in [0.3, 0.4) is 0 Å². The molecule has 1 atom stereocenters. The standard InChI is InChI=1S/C14H17Cl2NO3/c1-14(2)8-17(6-9(7-18)20-14)13(19)12-10(15)4-3-5-11(12)16/h3-5,9,18H,6-8H2,1-2H3. The Morgan fingerprint density at radius 1 is 1.45 bits per heavy atom. The highest BCUT2D eigenvalue weighted by molar-refractivity contribution is 6.39. The number of hydrogen-bond donors (Lipinski definition) is 1. The summed E-state index contributed by atoms with van der Waals surface area (Å²) in [6, 6.07) is 4.97. The fourth-order valence-corrected chi connectivity index (χ4v) is 2.96. The molecule has 1 amide bonds. The van der Waals surface area contributed by atoms with Crippen LogP contribution in [0, 0.1) is 0 Å². The molecule has 1 aromatic carbocycles. The summed E-state index contributed by atoms with van der Waals surface area (Å²) in [5.74, 6) is -0.240. The van der Waals surface area contributed by atoms with E-state index in [0.717, 1.165) is 0 Å². The van der Waals surface area contributed by atoms with Crippen molar-refractivity contribution in [2.75, 3.05) is 19.7 Å². The van der Waals surface area contributed by atoms with Gasteiger partial charge in [-0.2, -0.15) is 0 Å². The van der Waals surface area contributed by atoms with Crippen LogP contribution in [0.4, 0.5) is 0 Å². The number of hydrogen-bond acceptors (Lipinski definition) is 3. The normalized spacial score (nSPS) is 21.9. The van der Waals surface area contributed by atoms with Crippen molar-refractivity contribution in [3.63, 3.8) is 0 Å². The molecule has 1 aliphatic heterocycles. The zero-order valence-corrected chi connectivity index (χ0v) is 12.9. The van der Waals surface area contributed by atoms with Crippen molar-refractivity contribution in [3.8, 4) is 0 Å². The molecule has 0 saturated carbocycles. The van der Waals surface area contributed by atoms with Crippen LogP contribution >= 0.6 is 23.2 Å². The molecule has 1 unspecified atom stereocenters. The zero-order valence-electron chi connectivity index (χ0n) is 11.4. The van der Waals surface area contributed by atoms with E-state index in [1.54, 1.807) is 23.1 Å². The summed E-state index contributed by atoms with van der Waals surface area (Å²) in [5.41, 5.74) is -0.222. The predicted octanol–water partition coefficient (Wildman–Crippen LogP) is 2.61. The predicted molar refractivity (Wildman–Crippen MR) is 78.4 cm³/mol. The van der Waals surface area contributed by atoms with Crippen molar-refractivity contribution in [3.05, 3.63) is 33.8 Å². The van der Waals surface area contributed by atoms with Crippen molar-refractivity contribution in [2.24, 2.45) is 0 Å². The molecule has 110 valence electrons.